The maximum absolute atomic E-state index is 13.7. The van der Waals surface area contributed by atoms with Crippen molar-refractivity contribution in [3.63, 3.8) is 0 Å². The number of hydrogen-bond acceptors (Lipinski definition) is 3. The lowest BCUT2D eigenvalue weighted by Crippen LogP contribution is -2.16. The monoisotopic (exact) mass is 273 g/mol. The third kappa shape index (κ3) is 3.02. The number of carbonyl (C=O) groups excluding carboxylic acids is 1. The van der Waals surface area contributed by atoms with Crippen LogP contribution in [0.4, 0.5) is 10.1 Å². The zero-order valence-electron chi connectivity index (χ0n) is 10.7. The maximum atomic E-state index is 13.7. The quantitative estimate of drug-likeness (QED) is 0.807. The summed E-state index contributed by atoms with van der Waals surface area (Å²) in [6.07, 6.45) is 1.50. The van der Waals surface area contributed by atoms with Crippen LogP contribution in [-0.2, 0) is 7.05 Å². The van der Waals surface area contributed by atoms with Crippen molar-refractivity contribution in [1.29, 1.82) is 0 Å². The molecule has 0 aliphatic rings. The van der Waals surface area contributed by atoms with E-state index in [2.05, 4.69) is 22.3 Å². The van der Waals surface area contributed by atoms with Gasteiger partial charge in [0.1, 0.15) is 18.1 Å². The van der Waals surface area contributed by atoms with Crippen molar-refractivity contribution in [1.82, 2.24) is 9.78 Å². The Morgan fingerprint density at radius 1 is 1.50 bits per heavy atom. The summed E-state index contributed by atoms with van der Waals surface area (Å²) in [5.41, 5.74) is 0.857. The number of nitrogens with one attached hydrogen (secondary N) is 1. The molecule has 0 aliphatic heterocycles. The first kappa shape index (κ1) is 13.8. The molecule has 0 radical (unpaired) electrons. The summed E-state index contributed by atoms with van der Waals surface area (Å²) in [6.45, 7) is -0.335. The van der Waals surface area contributed by atoms with Crippen LogP contribution in [0.5, 0.6) is 0 Å². The molecule has 0 atom stereocenters. The van der Waals surface area contributed by atoms with Gasteiger partial charge in [-0.15, -0.1) is 0 Å². The van der Waals surface area contributed by atoms with Gasteiger partial charge in [-0.05, 0) is 24.3 Å². The van der Waals surface area contributed by atoms with Gasteiger partial charge in [0.25, 0.3) is 5.91 Å². The summed E-state index contributed by atoms with van der Waals surface area (Å²) < 4.78 is 15.1. The van der Waals surface area contributed by atoms with Crippen LogP contribution in [0.3, 0.4) is 0 Å². The number of aliphatic hydroxyl groups excluding tert-OH is 1. The van der Waals surface area contributed by atoms with Crippen molar-refractivity contribution < 1.29 is 14.3 Å². The predicted octanol–water partition coefficient (Wildman–Crippen LogP) is 1.16. The van der Waals surface area contributed by atoms with E-state index < -0.39 is 5.82 Å². The molecule has 0 saturated heterocycles. The number of hydrogen-bond donors (Lipinski definition) is 2. The van der Waals surface area contributed by atoms with Gasteiger partial charge in [0.05, 0.1) is 5.56 Å². The summed E-state index contributed by atoms with van der Waals surface area (Å²) in [4.78, 5) is 11.9. The Balaban J connectivity index is 2.17. The molecule has 0 fully saturated rings. The predicted molar refractivity (Wildman–Crippen MR) is 71.5 cm³/mol. The first-order valence-electron chi connectivity index (χ1n) is 5.80. The van der Waals surface area contributed by atoms with E-state index in [1.807, 2.05) is 0 Å². The van der Waals surface area contributed by atoms with E-state index in [0.717, 1.165) is 0 Å². The summed E-state index contributed by atoms with van der Waals surface area (Å²) in [5, 5.41) is 15.0. The van der Waals surface area contributed by atoms with E-state index in [1.54, 1.807) is 19.2 Å². The summed E-state index contributed by atoms with van der Waals surface area (Å²) in [5.74, 6) is 3.90. The zero-order valence-corrected chi connectivity index (χ0v) is 10.7. The van der Waals surface area contributed by atoms with Gasteiger partial charge < -0.3 is 10.4 Å². The van der Waals surface area contributed by atoms with Crippen LogP contribution < -0.4 is 5.32 Å². The zero-order chi connectivity index (χ0) is 14.5. The highest BCUT2D eigenvalue weighted by Crippen LogP contribution is 2.14. The van der Waals surface area contributed by atoms with Gasteiger partial charge in [0.15, 0.2) is 0 Å². The van der Waals surface area contributed by atoms with Gasteiger partial charge in [-0.25, -0.2) is 4.39 Å². The fraction of sp³-hybridized carbons (Fsp3) is 0.143. The van der Waals surface area contributed by atoms with E-state index >= 15 is 0 Å². The second kappa shape index (κ2) is 5.99. The second-order valence-corrected chi connectivity index (χ2v) is 3.95. The van der Waals surface area contributed by atoms with Crippen LogP contribution in [-0.4, -0.2) is 27.4 Å². The van der Waals surface area contributed by atoms with E-state index in [-0.39, 0.29) is 18.1 Å². The summed E-state index contributed by atoms with van der Waals surface area (Å²) >= 11 is 0. The molecule has 0 aliphatic carbocycles. The fourth-order valence-corrected chi connectivity index (χ4v) is 1.62. The molecule has 2 rings (SSSR count). The van der Waals surface area contributed by atoms with Crippen molar-refractivity contribution in [2.45, 2.75) is 0 Å². The molecule has 1 amide bonds. The summed E-state index contributed by atoms with van der Waals surface area (Å²) in [7, 11) is 1.64. The van der Waals surface area contributed by atoms with Crippen LogP contribution in [0.15, 0.2) is 30.5 Å². The lowest BCUT2D eigenvalue weighted by molar-refractivity contribution is 0.101. The van der Waals surface area contributed by atoms with E-state index in [9.17, 15) is 9.18 Å². The van der Waals surface area contributed by atoms with Crippen molar-refractivity contribution >= 4 is 11.6 Å². The number of aliphatic hydroxyl groups is 1. The molecular weight excluding hydrogens is 261 g/mol. The molecular formula is C14H12FN3O2. The average molecular weight is 273 g/mol. The van der Waals surface area contributed by atoms with Crippen LogP contribution in [0.25, 0.3) is 0 Å². The lowest BCUT2D eigenvalue weighted by Gasteiger charge is -2.06. The Bertz CT molecular complexity index is 698. The van der Waals surface area contributed by atoms with Gasteiger partial charge in [-0.1, -0.05) is 11.8 Å². The molecule has 102 valence electrons. The third-order valence-electron chi connectivity index (χ3n) is 2.58. The number of amides is 1. The number of rotatable bonds is 2. The second-order valence-electron chi connectivity index (χ2n) is 3.95. The van der Waals surface area contributed by atoms with Crippen LogP contribution >= 0.6 is 0 Å². The van der Waals surface area contributed by atoms with Crippen molar-refractivity contribution in [2.24, 2.45) is 7.05 Å². The number of aryl methyl sites for hydroxylation is 1. The minimum Gasteiger partial charge on any atom is -0.384 e. The molecule has 0 bridgehead atoms. The highest BCUT2D eigenvalue weighted by Gasteiger charge is 2.11. The molecule has 0 spiro atoms. The van der Waals surface area contributed by atoms with Crippen molar-refractivity contribution in [3.8, 4) is 11.8 Å². The molecule has 0 unspecified atom stereocenters. The number of halogens is 1. The van der Waals surface area contributed by atoms with E-state index in [1.165, 1.54) is 23.0 Å². The maximum Gasteiger partial charge on any atom is 0.273 e. The van der Waals surface area contributed by atoms with Gasteiger partial charge >= 0.3 is 0 Å². The first-order valence-corrected chi connectivity index (χ1v) is 5.80. The third-order valence-corrected chi connectivity index (χ3v) is 2.58. The topological polar surface area (TPSA) is 67.2 Å². The summed E-state index contributed by atoms with van der Waals surface area (Å²) in [6, 6.07) is 5.72. The highest BCUT2D eigenvalue weighted by molar-refractivity contribution is 6.03. The number of anilines is 1. The Morgan fingerprint density at radius 2 is 2.30 bits per heavy atom. The van der Waals surface area contributed by atoms with Crippen molar-refractivity contribution in [2.75, 3.05) is 11.9 Å². The van der Waals surface area contributed by atoms with Gasteiger partial charge in [0.2, 0.25) is 0 Å². The minimum absolute atomic E-state index is 0.164. The Kier molecular flexibility index (Phi) is 4.13. The highest BCUT2D eigenvalue weighted by atomic mass is 19.1. The molecule has 2 aromatic rings. The molecule has 6 heteroatoms. The van der Waals surface area contributed by atoms with Crippen LogP contribution in [0, 0.1) is 17.7 Å². The Morgan fingerprint density at radius 3 is 2.90 bits per heavy atom. The van der Waals surface area contributed by atoms with Crippen molar-refractivity contribution in [3.05, 3.63) is 47.5 Å². The SMILES string of the molecule is Cn1nccc1C(=O)Nc1ccc(C#CCO)c(F)c1. The van der Waals surface area contributed by atoms with Crippen LogP contribution in [0.2, 0.25) is 0 Å². The molecule has 5 nitrogen and oxygen atoms in total. The minimum atomic E-state index is -0.561. The number of carbonyl (C=O) groups is 1. The van der Waals surface area contributed by atoms with Crippen LogP contribution in [0.1, 0.15) is 16.1 Å². The Hall–Kier alpha value is -2.65. The fourth-order valence-electron chi connectivity index (χ4n) is 1.62. The normalized spacial score (nSPS) is 9.75. The van der Waals surface area contributed by atoms with Gasteiger partial charge in [-0.2, -0.15) is 5.10 Å². The lowest BCUT2D eigenvalue weighted by atomic mass is 10.2. The standard InChI is InChI=1S/C14H12FN3O2/c1-18-13(6-7-16-18)14(20)17-11-5-4-10(3-2-8-19)12(15)9-11/h4-7,9,19H,8H2,1H3,(H,17,20). The van der Waals surface area contributed by atoms with E-state index in [4.69, 9.17) is 5.11 Å². The average Bonchev–Trinajstić information content (AvgIpc) is 2.84. The molecule has 1 heterocycles. The number of benzene rings is 1. The molecule has 20 heavy (non-hydrogen) atoms. The van der Waals surface area contributed by atoms with Gasteiger partial charge in [0, 0.05) is 18.9 Å². The molecule has 1 aromatic carbocycles. The number of nitrogens with zero attached hydrogens (tertiary/aromatic N) is 2. The molecule has 2 N–H and O–H groups in total. The number of aromatic nitrogens is 2. The van der Waals surface area contributed by atoms with Gasteiger partial charge in [-0.3, -0.25) is 9.48 Å². The van der Waals surface area contributed by atoms with E-state index in [0.29, 0.717) is 11.4 Å². The molecule has 1 aromatic heterocycles. The molecule has 0 saturated carbocycles. The largest absolute Gasteiger partial charge is 0.384 e. The Labute approximate surface area is 115 Å². The smallest absolute Gasteiger partial charge is 0.273 e. The first-order chi connectivity index (χ1) is 9.61.